The molecule has 8 heteroatoms. The molecule has 0 radical (unpaired) electrons. The van der Waals surface area contributed by atoms with Crippen molar-refractivity contribution in [1.29, 1.82) is 0 Å². The third kappa shape index (κ3) is 2.87. The molecular weight excluding hydrogens is 343 g/mol. The lowest BCUT2D eigenvalue weighted by molar-refractivity contribution is 0.581. The van der Waals surface area contributed by atoms with Crippen LogP contribution in [0.4, 0.5) is 10.1 Å². The minimum absolute atomic E-state index is 0.00600. The van der Waals surface area contributed by atoms with Gasteiger partial charge >= 0.3 is 0 Å². The zero-order valence-corrected chi connectivity index (χ0v) is 14.2. The standard InChI is InChI=1S/C17H17FN4O2S/c18-14-2-5-16(6-3-14)25(23,24)22-17-11-15(4-1-13(17)12-20-22)21-9-7-19-8-10-21/h1-6,11-12,19H,7-10H2. The fourth-order valence-corrected chi connectivity index (χ4v) is 4.27. The summed E-state index contributed by atoms with van der Waals surface area (Å²) in [7, 11) is -3.88. The molecule has 25 heavy (non-hydrogen) atoms. The van der Waals surface area contributed by atoms with Crippen molar-refractivity contribution in [2.24, 2.45) is 0 Å². The van der Waals surface area contributed by atoms with Gasteiger partial charge in [0.15, 0.2) is 0 Å². The Hall–Kier alpha value is -2.45. The van der Waals surface area contributed by atoms with Gasteiger partial charge < -0.3 is 10.2 Å². The third-order valence-corrected chi connectivity index (χ3v) is 5.96. The zero-order valence-electron chi connectivity index (χ0n) is 13.4. The number of piperazine rings is 1. The summed E-state index contributed by atoms with van der Waals surface area (Å²) in [5.74, 6) is -0.481. The predicted molar refractivity (Wildman–Crippen MR) is 93.8 cm³/mol. The number of hydrogen-bond acceptors (Lipinski definition) is 5. The lowest BCUT2D eigenvalue weighted by Gasteiger charge is -2.29. The molecule has 1 fully saturated rings. The Morgan fingerprint density at radius 1 is 1.04 bits per heavy atom. The molecule has 3 aromatic rings. The summed E-state index contributed by atoms with van der Waals surface area (Å²) in [6.07, 6.45) is 1.53. The molecule has 1 aliphatic heterocycles. The van der Waals surface area contributed by atoms with Crippen molar-refractivity contribution < 1.29 is 12.8 Å². The van der Waals surface area contributed by atoms with Crippen LogP contribution in [0.3, 0.4) is 0 Å². The van der Waals surface area contributed by atoms with Crippen LogP contribution in [-0.2, 0) is 10.0 Å². The molecule has 2 heterocycles. The molecule has 4 rings (SSSR count). The van der Waals surface area contributed by atoms with Crippen LogP contribution in [0.1, 0.15) is 0 Å². The number of rotatable bonds is 3. The van der Waals surface area contributed by atoms with E-state index in [1.54, 1.807) is 0 Å². The van der Waals surface area contributed by atoms with Gasteiger partial charge in [0.25, 0.3) is 10.0 Å². The molecule has 1 N–H and O–H groups in total. The highest BCUT2D eigenvalue weighted by molar-refractivity contribution is 7.90. The van der Waals surface area contributed by atoms with Gasteiger partial charge in [-0.1, -0.05) is 0 Å². The average Bonchev–Trinajstić information content (AvgIpc) is 3.07. The molecular formula is C17H17FN4O2S. The van der Waals surface area contributed by atoms with Crippen LogP contribution in [0.25, 0.3) is 10.9 Å². The second-order valence-corrected chi connectivity index (χ2v) is 7.69. The van der Waals surface area contributed by atoms with Gasteiger partial charge in [0.05, 0.1) is 16.6 Å². The molecule has 0 saturated carbocycles. The normalized spacial score (nSPS) is 15.6. The van der Waals surface area contributed by atoms with E-state index in [0.29, 0.717) is 5.52 Å². The Labute approximate surface area is 144 Å². The number of halogens is 1. The molecule has 6 nitrogen and oxygen atoms in total. The first kappa shape index (κ1) is 16.0. The molecule has 0 spiro atoms. The number of anilines is 1. The highest BCUT2D eigenvalue weighted by Crippen LogP contribution is 2.25. The number of aromatic nitrogens is 2. The summed E-state index contributed by atoms with van der Waals surface area (Å²) in [4.78, 5) is 2.21. The van der Waals surface area contributed by atoms with Crippen LogP contribution >= 0.6 is 0 Å². The fourth-order valence-electron chi connectivity index (χ4n) is 3.00. The van der Waals surface area contributed by atoms with E-state index in [-0.39, 0.29) is 4.90 Å². The summed E-state index contributed by atoms with van der Waals surface area (Å²) in [5, 5.41) is 8.09. The number of benzene rings is 2. The van der Waals surface area contributed by atoms with Gasteiger partial charge in [-0.05, 0) is 42.5 Å². The van der Waals surface area contributed by atoms with Crippen LogP contribution in [0.5, 0.6) is 0 Å². The van der Waals surface area contributed by atoms with Crippen LogP contribution in [0.15, 0.2) is 53.6 Å². The Bertz CT molecular complexity index is 1010. The molecule has 1 aromatic heterocycles. The molecule has 0 bridgehead atoms. The van der Waals surface area contributed by atoms with Crippen LogP contribution in [0.2, 0.25) is 0 Å². The summed E-state index contributed by atoms with van der Waals surface area (Å²) in [6, 6.07) is 10.4. The second-order valence-electron chi connectivity index (χ2n) is 5.93. The highest BCUT2D eigenvalue weighted by atomic mass is 32.2. The van der Waals surface area contributed by atoms with Crippen LogP contribution < -0.4 is 10.2 Å². The van der Waals surface area contributed by atoms with Gasteiger partial charge in [-0.2, -0.15) is 17.6 Å². The predicted octanol–water partition coefficient (Wildman–Crippen LogP) is 1.82. The lowest BCUT2D eigenvalue weighted by Crippen LogP contribution is -2.43. The summed E-state index contributed by atoms with van der Waals surface area (Å²) in [6.45, 7) is 3.52. The topological polar surface area (TPSA) is 67.2 Å². The van der Waals surface area contributed by atoms with Crippen LogP contribution in [0, 0.1) is 5.82 Å². The average molecular weight is 360 g/mol. The second kappa shape index (κ2) is 6.12. The molecule has 1 aliphatic rings. The van der Waals surface area contributed by atoms with Crippen molar-refractivity contribution in [2.75, 3.05) is 31.1 Å². The maximum absolute atomic E-state index is 13.1. The Morgan fingerprint density at radius 2 is 1.76 bits per heavy atom. The van der Waals surface area contributed by atoms with Crippen molar-refractivity contribution in [3.8, 4) is 0 Å². The Balaban J connectivity index is 1.80. The molecule has 0 unspecified atom stereocenters. The van der Waals surface area contributed by atoms with Crippen LogP contribution in [-0.4, -0.2) is 43.8 Å². The summed E-state index contributed by atoms with van der Waals surface area (Å²) in [5.41, 5.74) is 1.48. The molecule has 2 aromatic carbocycles. The maximum Gasteiger partial charge on any atom is 0.283 e. The molecule has 0 atom stereocenters. The highest BCUT2D eigenvalue weighted by Gasteiger charge is 2.21. The summed E-state index contributed by atoms with van der Waals surface area (Å²) < 4.78 is 39.8. The van der Waals surface area contributed by atoms with E-state index in [1.807, 2.05) is 18.2 Å². The SMILES string of the molecule is O=S(=O)(c1ccc(F)cc1)n1ncc2ccc(N3CCNCC3)cc21. The number of fused-ring (bicyclic) bond motifs is 1. The third-order valence-electron chi connectivity index (χ3n) is 4.34. The van der Waals surface area contributed by atoms with E-state index in [0.717, 1.165) is 53.5 Å². The Kier molecular flexibility index (Phi) is 3.93. The van der Waals surface area contributed by atoms with Gasteiger partial charge in [0.1, 0.15) is 5.82 Å². The van der Waals surface area contributed by atoms with E-state index >= 15 is 0 Å². The van der Waals surface area contributed by atoms with Gasteiger partial charge in [-0.3, -0.25) is 0 Å². The molecule has 1 saturated heterocycles. The first-order chi connectivity index (χ1) is 12.1. The lowest BCUT2D eigenvalue weighted by atomic mass is 10.2. The van der Waals surface area contributed by atoms with Gasteiger partial charge in [-0.25, -0.2) is 4.39 Å². The number of nitrogens with zero attached hydrogens (tertiary/aromatic N) is 3. The molecule has 0 amide bonds. The van der Waals surface area contributed by atoms with E-state index in [9.17, 15) is 12.8 Å². The number of hydrogen-bond donors (Lipinski definition) is 1. The fraction of sp³-hybridized carbons (Fsp3) is 0.235. The maximum atomic E-state index is 13.1. The van der Waals surface area contributed by atoms with Crippen molar-refractivity contribution in [1.82, 2.24) is 14.5 Å². The van der Waals surface area contributed by atoms with Crippen molar-refractivity contribution in [3.63, 3.8) is 0 Å². The first-order valence-electron chi connectivity index (χ1n) is 8.00. The van der Waals surface area contributed by atoms with E-state index in [2.05, 4.69) is 15.3 Å². The summed E-state index contributed by atoms with van der Waals surface area (Å²) >= 11 is 0. The largest absolute Gasteiger partial charge is 0.369 e. The minimum atomic E-state index is -3.88. The minimum Gasteiger partial charge on any atom is -0.369 e. The van der Waals surface area contributed by atoms with Gasteiger partial charge in [0.2, 0.25) is 0 Å². The van der Waals surface area contributed by atoms with E-state index < -0.39 is 15.8 Å². The van der Waals surface area contributed by atoms with Crippen molar-refractivity contribution in [2.45, 2.75) is 4.90 Å². The molecule has 0 aliphatic carbocycles. The van der Waals surface area contributed by atoms with Crippen molar-refractivity contribution in [3.05, 3.63) is 54.5 Å². The number of nitrogens with one attached hydrogen (secondary N) is 1. The quantitative estimate of drug-likeness (QED) is 0.772. The van der Waals surface area contributed by atoms with Gasteiger partial charge in [-0.15, -0.1) is 0 Å². The smallest absolute Gasteiger partial charge is 0.283 e. The monoisotopic (exact) mass is 360 g/mol. The van der Waals surface area contributed by atoms with Gasteiger partial charge in [0, 0.05) is 37.3 Å². The van der Waals surface area contributed by atoms with E-state index in [4.69, 9.17) is 0 Å². The van der Waals surface area contributed by atoms with E-state index in [1.165, 1.54) is 18.3 Å². The zero-order chi connectivity index (χ0) is 17.4. The molecule has 130 valence electrons. The van der Waals surface area contributed by atoms with Crippen molar-refractivity contribution >= 4 is 26.6 Å². The first-order valence-corrected chi connectivity index (χ1v) is 9.44. The Morgan fingerprint density at radius 3 is 2.48 bits per heavy atom.